The molecule has 29 heavy (non-hydrogen) atoms. The topological polar surface area (TPSA) is 59.5 Å². The monoisotopic (exact) mass is 430 g/mol. The van der Waals surface area contributed by atoms with Crippen LogP contribution in [-0.4, -0.2) is 48.4 Å². The smallest absolute Gasteiger partial charge is 0.433 e. The third-order valence-electron chi connectivity index (χ3n) is 5.04. The Labute approximate surface area is 172 Å². The van der Waals surface area contributed by atoms with Crippen molar-refractivity contribution in [2.24, 2.45) is 0 Å². The van der Waals surface area contributed by atoms with Gasteiger partial charge in [-0.1, -0.05) is 18.2 Å². The molecule has 1 spiro atoms. The van der Waals surface area contributed by atoms with E-state index in [0.29, 0.717) is 38.3 Å². The number of morpholine rings is 1. The van der Waals surface area contributed by atoms with Gasteiger partial charge in [0, 0.05) is 32.2 Å². The van der Waals surface area contributed by atoms with Crippen molar-refractivity contribution in [3.8, 4) is 11.6 Å². The number of alkyl halides is 3. The lowest BCUT2D eigenvalue weighted by Gasteiger charge is -2.44. The minimum absolute atomic E-state index is 0. The number of benzene rings is 1. The van der Waals surface area contributed by atoms with E-state index in [2.05, 4.69) is 15.3 Å². The molecule has 0 saturated carbocycles. The first kappa shape index (κ1) is 21.6. The van der Waals surface area contributed by atoms with Crippen LogP contribution < -0.4 is 15.0 Å². The van der Waals surface area contributed by atoms with Gasteiger partial charge in [-0.05, 0) is 25.0 Å². The minimum atomic E-state index is -4.58. The van der Waals surface area contributed by atoms with Gasteiger partial charge in [-0.2, -0.15) is 18.2 Å². The van der Waals surface area contributed by atoms with Crippen molar-refractivity contribution in [1.29, 1.82) is 0 Å². The van der Waals surface area contributed by atoms with Gasteiger partial charge in [0.2, 0.25) is 11.8 Å². The molecule has 6 nitrogen and oxygen atoms in total. The Morgan fingerprint density at radius 1 is 1.10 bits per heavy atom. The maximum Gasteiger partial charge on any atom is 0.433 e. The first-order valence-corrected chi connectivity index (χ1v) is 9.22. The van der Waals surface area contributed by atoms with Crippen LogP contribution in [0, 0.1) is 0 Å². The fourth-order valence-corrected chi connectivity index (χ4v) is 3.50. The highest BCUT2D eigenvalue weighted by atomic mass is 35.5. The number of rotatable bonds is 3. The van der Waals surface area contributed by atoms with Gasteiger partial charge in [-0.3, -0.25) is 0 Å². The molecule has 0 bridgehead atoms. The van der Waals surface area contributed by atoms with Gasteiger partial charge in [-0.15, -0.1) is 12.4 Å². The zero-order valence-corrected chi connectivity index (χ0v) is 16.4. The van der Waals surface area contributed by atoms with E-state index in [4.69, 9.17) is 9.47 Å². The number of aromatic nitrogens is 2. The quantitative estimate of drug-likeness (QED) is 0.801. The van der Waals surface area contributed by atoms with Gasteiger partial charge in [0.1, 0.15) is 5.75 Å². The Bertz CT molecular complexity index is 807. The van der Waals surface area contributed by atoms with Gasteiger partial charge in [0.15, 0.2) is 5.69 Å². The molecule has 2 aromatic rings. The largest absolute Gasteiger partial charge is 0.439 e. The number of piperidine rings is 1. The Morgan fingerprint density at radius 2 is 1.83 bits per heavy atom. The first-order chi connectivity index (χ1) is 13.4. The molecule has 0 aliphatic carbocycles. The molecule has 1 aromatic heterocycles. The summed E-state index contributed by atoms with van der Waals surface area (Å²) >= 11 is 0. The summed E-state index contributed by atoms with van der Waals surface area (Å²) in [5, 5.41) is 3.32. The summed E-state index contributed by atoms with van der Waals surface area (Å²) < 4.78 is 51.5. The van der Waals surface area contributed by atoms with Crippen molar-refractivity contribution in [2.75, 3.05) is 37.7 Å². The summed E-state index contributed by atoms with van der Waals surface area (Å²) in [4.78, 5) is 9.75. The van der Waals surface area contributed by atoms with Crippen LogP contribution >= 0.6 is 12.4 Å². The van der Waals surface area contributed by atoms with Gasteiger partial charge in [0.05, 0.1) is 12.2 Å². The molecule has 3 heterocycles. The highest BCUT2D eigenvalue weighted by molar-refractivity contribution is 5.85. The fraction of sp³-hybridized carbons (Fsp3) is 0.474. The molecule has 1 N–H and O–H groups in total. The predicted molar refractivity (Wildman–Crippen MR) is 104 cm³/mol. The SMILES string of the molecule is Cl.FC(F)(F)c1cc(Oc2ccccc2)nc(N2CCC3(CC2)CNCCO3)n1. The lowest BCUT2D eigenvalue weighted by atomic mass is 9.90. The third kappa shape index (κ3) is 5.09. The van der Waals surface area contributed by atoms with Crippen molar-refractivity contribution in [2.45, 2.75) is 24.6 Å². The maximum absolute atomic E-state index is 13.3. The predicted octanol–water partition coefficient (Wildman–Crippen LogP) is 3.67. The van der Waals surface area contributed by atoms with E-state index < -0.39 is 11.9 Å². The van der Waals surface area contributed by atoms with Crippen LogP contribution in [0.2, 0.25) is 0 Å². The van der Waals surface area contributed by atoms with Gasteiger partial charge in [0.25, 0.3) is 0 Å². The molecule has 2 fully saturated rings. The van der Waals surface area contributed by atoms with Crippen LogP contribution in [0.15, 0.2) is 36.4 Å². The Hall–Kier alpha value is -2.10. The molecular formula is C19H22ClF3N4O2. The second-order valence-corrected chi connectivity index (χ2v) is 7.00. The molecule has 2 aliphatic rings. The average Bonchev–Trinajstić information content (AvgIpc) is 2.69. The molecular weight excluding hydrogens is 409 g/mol. The molecule has 0 amide bonds. The molecule has 2 aliphatic heterocycles. The zero-order chi connectivity index (χ0) is 19.6. The van der Waals surface area contributed by atoms with Crippen molar-refractivity contribution >= 4 is 18.4 Å². The van der Waals surface area contributed by atoms with Crippen molar-refractivity contribution < 1.29 is 22.6 Å². The van der Waals surface area contributed by atoms with Crippen LogP contribution in [0.4, 0.5) is 19.1 Å². The maximum atomic E-state index is 13.3. The Kier molecular flexibility index (Phi) is 6.50. The number of nitrogens with one attached hydrogen (secondary N) is 1. The normalized spacial score (nSPS) is 18.9. The molecule has 0 atom stereocenters. The summed E-state index contributed by atoms with van der Waals surface area (Å²) in [7, 11) is 0. The second-order valence-electron chi connectivity index (χ2n) is 7.00. The summed E-state index contributed by atoms with van der Waals surface area (Å²) in [6.07, 6.45) is -3.18. The number of ether oxygens (including phenoxy) is 2. The van der Waals surface area contributed by atoms with Gasteiger partial charge in [-0.25, -0.2) is 4.98 Å². The number of hydrogen-bond donors (Lipinski definition) is 1. The van der Waals surface area contributed by atoms with Crippen LogP contribution in [0.5, 0.6) is 11.6 Å². The second kappa shape index (κ2) is 8.73. The molecule has 10 heteroatoms. The Balaban J connectivity index is 0.00000240. The van der Waals surface area contributed by atoms with E-state index >= 15 is 0 Å². The summed E-state index contributed by atoms with van der Waals surface area (Å²) in [6.45, 7) is 3.27. The highest BCUT2D eigenvalue weighted by Gasteiger charge is 2.39. The third-order valence-corrected chi connectivity index (χ3v) is 5.04. The molecule has 0 radical (unpaired) electrons. The van der Waals surface area contributed by atoms with Crippen molar-refractivity contribution in [3.05, 3.63) is 42.1 Å². The van der Waals surface area contributed by atoms with Crippen LogP contribution in [0.1, 0.15) is 18.5 Å². The van der Waals surface area contributed by atoms with Gasteiger partial charge >= 0.3 is 6.18 Å². The summed E-state index contributed by atoms with van der Waals surface area (Å²) in [5.41, 5.74) is -1.26. The van der Waals surface area contributed by atoms with Crippen LogP contribution in [-0.2, 0) is 10.9 Å². The lowest BCUT2D eigenvalue weighted by molar-refractivity contribution is -0.141. The van der Waals surface area contributed by atoms with E-state index in [1.165, 1.54) is 0 Å². The molecule has 0 unspecified atom stereocenters. The number of anilines is 1. The minimum Gasteiger partial charge on any atom is -0.439 e. The summed E-state index contributed by atoms with van der Waals surface area (Å²) in [6, 6.07) is 9.43. The zero-order valence-electron chi connectivity index (χ0n) is 15.6. The standard InChI is InChI=1S/C19H21F3N4O2.ClH/c20-19(21,22)15-12-16(28-14-4-2-1-3-5-14)25-17(24-15)26-9-6-18(7-10-26)13-23-8-11-27-18;/h1-5,12,23H,6-11,13H2;1H. The molecule has 2 saturated heterocycles. The van der Waals surface area contributed by atoms with E-state index in [1.807, 2.05) is 0 Å². The van der Waals surface area contributed by atoms with Crippen LogP contribution in [0.25, 0.3) is 0 Å². The number of nitrogens with zero attached hydrogens (tertiary/aromatic N) is 3. The van der Waals surface area contributed by atoms with E-state index in [-0.39, 0.29) is 29.8 Å². The molecule has 1 aromatic carbocycles. The van der Waals surface area contributed by atoms with Gasteiger partial charge < -0.3 is 19.7 Å². The van der Waals surface area contributed by atoms with Crippen LogP contribution in [0.3, 0.4) is 0 Å². The number of para-hydroxylation sites is 1. The average molecular weight is 431 g/mol. The van der Waals surface area contributed by atoms with E-state index in [1.54, 1.807) is 35.2 Å². The molecule has 4 rings (SSSR count). The number of halogens is 4. The number of hydrogen-bond acceptors (Lipinski definition) is 6. The van der Waals surface area contributed by atoms with E-state index in [9.17, 15) is 13.2 Å². The fourth-order valence-electron chi connectivity index (χ4n) is 3.50. The first-order valence-electron chi connectivity index (χ1n) is 9.22. The van der Waals surface area contributed by atoms with Crippen molar-refractivity contribution in [3.63, 3.8) is 0 Å². The highest BCUT2D eigenvalue weighted by Crippen LogP contribution is 2.34. The Morgan fingerprint density at radius 3 is 2.45 bits per heavy atom. The summed E-state index contributed by atoms with van der Waals surface area (Å²) in [5.74, 6) is 0.318. The molecule has 158 valence electrons. The van der Waals surface area contributed by atoms with E-state index in [0.717, 1.165) is 19.2 Å². The van der Waals surface area contributed by atoms with Crippen molar-refractivity contribution in [1.82, 2.24) is 15.3 Å². The lowest BCUT2D eigenvalue weighted by Crippen LogP contribution is -2.55.